The molecular weight excluding hydrogens is 326 g/mol. The van der Waals surface area contributed by atoms with Gasteiger partial charge in [0.2, 0.25) is 0 Å². The average Bonchev–Trinajstić information content (AvgIpc) is 2.16. The summed E-state index contributed by atoms with van der Waals surface area (Å²) in [5.74, 6) is -0.00227. The maximum atomic E-state index is 12.4. The second kappa shape index (κ2) is 4.97. The molecule has 1 rings (SSSR count). The average molecular weight is 331 g/mol. The summed E-state index contributed by atoms with van der Waals surface area (Å²) < 4.78 is 24.9. The molecule has 1 heterocycles. The monoisotopic (exact) mass is 331 g/mol. The fourth-order valence-corrected chi connectivity index (χ4v) is 1.79. The van der Waals surface area contributed by atoms with E-state index in [4.69, 9.17) is 11.6 Å². The highest BCUT2D eigenvalue weighted by atomic mass is 127. The van der Waals surface area contributed by atoms with Crippen molar-refractivity contribution in [2.75, 3.05) is 0 Å². The van der Waals surface area contributed by atoms with Gasteiger partial charge in [-0.1, -0.05) is 0 Å². The van der Waals surface area contributed by atoms with E-state index in [9.17, 15) is 13.6 Å². The maximum absolute atomic E-state index is 12.4. The van der Waals surface area contributed by atoms with Gasteiger partial charge in [0.25, 0.3) is 6.43 Å². The van der Waals surface area contributed by atoms with Crippen LogP contribution in [0.1, 0.15) is 28.0 Å². The smallest absolute Gasteiger partial charge is 0.266 e. The Morgan fingerprint density at radius 2 is 2.29 bits per heavy atom. The van der Waals surface area contributed by atoms with Gasteiger partial charge in [-0.2, -0.15) is 0 Å². The number of carbonyl (C=O) groups is 1. The Hall–Kier alpha value is -0.300. The Morgan fingerprint density at radius 3 is 2.71 bits per heavy atom. The van der Waals surface area contributed by atoms with Crippen LogP contribution < -0.4 is 0 Å². The fourth-order valence-electron chi connectivity index (χ4n) is 0.925. The molecule has 0 aromatic carbocycles. The topological polar surface area (TPSA) is 30.0 Å². The van der Waals surface area contributed by atoms with Gasteiger partial charge in [0.1, 0.15) is 9.39 Å². The van der Waals surface area contributed by atoms with Crippen molar-refractivity contribution in [1.82, 2.24) is 4.98 Å². The highest BCUT2D eigenvalue weighted by molar-refractivity contribution is 14.1. The molecule has 0 saturated carbocycles. The Labute approximate surface area is 97.8 Å². The summed E-state index contributed by atoms with van der Waals surface area (Å²) >= 11 is 7.16. The van der Waals surface area contributed by atoms with Crippen LogP contribution in [0.5, 0.6) is 0 Å². The van der Waals surface area contributed by atoms with Gasteiger partial charge in [-0.3, -0.25) is 4.79 Å². The van der Waals surface area contributed by atoms with Crippen LogP contribution >= 0.6 is 34.2 Å². The molecular formula is C8H5ClF2INO. The lowest BCUT2D eigenvalue weighted by Crippen LogP contribution is -2.02. The van der Waals surface area contributed by atoms with Crippen LogP contribution in [-0.2, 0) is 5.88 Å². The molecule has 1 aromatic heterocycles. The molecule has 0 spiro atoms. The molecule has 76 valence electrons. The van der Waals surface area contributed by atoms with Gasteiger partial charge in [0.05, 0.1) is 5.56 Å². The SMILES string of the molecule is O=Cc1nc(I)c(C(F)F)cc1CCl. The second-order valence-electron chi connectivity index (χ2n) is 2.46. The number of pyridine rings is 1. The standard InChI is InChI=1S/C8H5ClF2INO/c9-2-4-1-5(7(10)11)8(12)13-6(4)3-14/h1,3,7H,2H2. The third-order valence-electron chi connectivity index (χ3n) is 1.61. The minimum Gasteiger partial charge on any atom is -0.296 e. The van der Waals surface area contributed by atoms with Crippen LogP contribution in [0.4, 0.5) is 8.78 Å². The van der Waals surface area contributed by atoms with Crippen molar-refractivity contribution in [3.8, 4) is 0 Å². The molecule has 0 aliphatic rings. The van der Waals surface area contributed by atoms with Crippen LogP contribution in [0.15, 0.2) is 6.07 Å². The molecule has 6 heteroatoms. The summed E-state index contributed by atoms with van der Waals surface area (Å²) in [7, 11) is 0. The number of halogens is 4. The Balaban J connectivity index is 3.30. The largest absolute Gasteiger partial charge is 0.296 e. The zero-order valence-electron chi connectivity index (χ0n) is 6.81. The van der Waals surface area contributed by atoms with E-state index in [1.807, 2.05) is 0 Å². The van der Waals surface area contributed by atoms with Crippen molar-refractivity contribution in [2.24, 2.45) is 0 Å². The Morgan fingerprint density at radius 1 is 1.64 bits per heavy atom. The summed E-state index contributed by atoms with van der Waals surface area (Å²) in [4.78, 5) is 14.2. The molecule has 0 aliphatic carbocycles. The molecule has 0 amide bonds. The number of hydrogen-bond acceptors (Lipinski definition) is 2. The van der Waals surface area contributed by atoms with Crippen molar-refractivity contribution in [3.63, 3.8) is 0 Å². The zero-order valence-corrected chi connectivity index (χ0v) is 9.72. The quantitative estimate of drug-likeness (QED) is 0.368. The molecule has 1 aromatic rings. The van der Waals surface area contributed by atoms with Gasteiger partial charge in [0, 0.05) is 5.88 Å². The number of nitrogens with zero attached hydrogens (tertiary/aromatic N) is 1. The number of aromatic nitrogens is 1. The number of hydrogen-bond donors (Lipinski definition) is 0. The van der Waals surface area contributed by atoms with E-state index in [0.29, 0.717) is 11.8 Å². The molecule has 0 atom stereocenters. The highest BCUT2D eigenvalue weighted by Crippen LogP contribution is 2.25. The Bertz CT molecular complexity index is 359. The molecule has 0 radical (unpaired) electrons. The van der Waals surface area contributed by atoms with Crippen LogP contribution in [0.25, 0.3) is 0 Å². The van der Waals surface area contributed by atoms with E-state index >= 15 is 0 Å². The summed E-state index contributed by atoms with van der Waals surface area (Å²) in [6.07, 6.45) is -2.09. The van der Waals surface area contributed by atoms with E-state index in [1.54, 1.807) is 22.6 Å². The van der Waals surface area contributed by atoms with Gasteiger partial charge in [-0.15, -0.1) is 11.6 Å². The summed E-state index contributed by atoms with van der Waals surface area (Å²) in [6, 6.07) is 1.22. The van der Waals surface area contributed by atoms with E-state index in [1.165, 1.54) is 6.07 Å². The van der Waals surface area contributed by atoms with Gasteiger partial charge < -0.3 is 0 Å². The van der Waals surface area contributed by atoms with Gasteiger partial charge in [-0.25, -0.2) is 13.8 Å². The highest BCUT2D eigenvalue weighted by Gasteiger charge is 2.16. The van der Waals surface area contributed by atoms with E-state index < -0.39 is 6.43 Å². The molecule has 14 heavy (non-hydrogen) atoms. The predicted octanol–water partition coefficient (Wildman–Crippen LogP) is 3.18. The number of rotatable bonds is 3. The van der Waals surface area contributed by atoms with Crippen molar-refractivity contribution in [3.05, 3.63) is 26.6 Å². The fraction of sp³-hybridized carbons (Fsp3) is 0.250. The van der Waals surface area contributed by atoms with E-state index in [-0.39, 0.29) is 20.8 Å². The normalized spacial score (nSPS) is 10.6. The van der Waals surface area contributed by atoms with Crippen molar-refractivity contribution >= 4 is 40.5 Å². The summed E-state index contributed by atoms with van der Waals surface area (Å²) in [6.45, 7) is 0. The third kappa shape index (κ3) is 2.38. The number of aldehydes is 1. The van der Waals surface area contributed by atoms with E-state index in [2.05, 4.69) is 4.98 Å². The first-order valence-corrected chi connectivity index (χ1v) is 5.20. The first kappa shape index (κ1) is 11.8. The Kier molecular flexibility index (Phi) is 4.18. The summed E-state index contributed by atoms with van der Waals surface area (Å²) in [5, 5.41) is 0. The zero-order chi connectivity index (χ0) is 10.7. The number of carbonyl (C=O) groups excluding carboxylic acids is 1. The first-order valence-electron chi connectivity index (χ1n) is 3.58. The minimum atomic E-state index is -2.60. The van der Waals surface area contributed by atoms with Crippen LogP contribution in [-0.4, -0.2) is 11.3 Å². The molecule has 2 nitrogen and oxygen atoms in total. The predicted molar refractivity (Wildman–Crippen MR) is 56.9 cm³/mol. The molecule has 0 N–H and O–H groups in total. The maximum Gasteiger partial charge on any atom is 0.266 e. The van der Waals surface area contributed by atoms with Crippen molar-refractivity contribution < 1.29 is 13.6 Å². The lowest BCUT2D eigenvalue weighted by atomic mass is 10.1. The molecule has 0 bridgehead atoms. The molecule has 0 unspecified atom stereocenters. The second-order valence-corrected chi connectivity index (χ2v) is 3.75. The van der Waals surface area contributed by atoms with Crippen LogP contribution in [0.2, 0.25) is 0 Å². The molecule has 0 aliphatic heterocycles. The molecule has 0 fully saturated rings. The lowest BCUT2D eigenvalue weighted by molar-refractivity contribution is 0.111. The lowest BCUT2D eigenvalue weighted by Gasteiger charge is -2.06. The van der Waals surface area contributed by atoms with E-state index in [0.717, 1.165) is 0 Å². The van der Waals surface area contributed by atoms with Crippen molar-refractivity contribution in [2.45, 2.75) is 12.3 Å². The minimum absolute atomic E-state index is 0.00227. The first-order chi connectivity index (χ1) is 6.60. The van der Waals surface area contributed by atoms with Gasteiger partial charge in [-0.05, 0) is 34.2 Å². The van der Waals surface area contributed by atoms with Crippen molar-refractivity contribution in [1.29, 1.82) is 0 Å². The van der Waals surface area contributed by atoms with Crippen LogP contribution in [0, 0.1) is 3.70 Å². The van der Waals surface area contributed by atoms with Gasteiger partial charge >= 0.3 is 0 Å². The number of alkyl halides is 3. The van der Waals surface area contributed by atoms with Crippen LogP contribution in [0.3, 0.4) is 0 Å². The van der Waals surface area contributed by atoms with Gasteiger partial charge in [0.15, 0.2) is 6.29 Å². The summed E-state index contributed by atoms with van der Waals surface area (Å²) in [5.41, 5.74) is 0.262. The molecule has 0 saturated heterocycles. The third-order valence-corrected chi connectivity index (χ3v) is 2.76.